The maximum absolute atomic E-state index is 13.1. The highest BCUT2D eigenvalue weighted by molar-refractivity contribution is 4.82. The monoisotopic (exact) mass is 268 g/mol. The Morgan fingerprint density at radius 1 is 0.882 bits per heavy atom. The quantitative estimate of drug-likeness (QED) is 0.623. The molecular weight excluding hydrogens is 253 g/mol. The minimum Gasteiger partial charge on any atom is -0.207 e. The van der Waals surface area contributed by atoms with Crippen LogP contribution in [0.4, 0.5) is 30.7 Å². The lowest BCUT2D eigenvalue weighted by Gasteiger charge is -2.28. The SMILES string of the molecule is CC(C)C(F)(F)CCC(C(C)(F)F)C(F)(F)F. The van der Waals surface area contributed by atoms with Crippen LogP contribution in [0.1, 0.15) is 33.6 Å². The standard InChI is InChI=1S/C10H15F7/c1-6(2)9(13,14)5-4-7(8(3,11)12)10(15,16)17/h6-7H,4-5H2,1-3H3. The van der Waals surface area contributed by atoms with Crippen LogP contribution in [0.3, 0.4) is 0 Å². The first-order valence-corrected chi connectivity index (χ1v) is 5.11. The normalized spacial score (nSPS) is 16.4. The van der Waals surface area contributed by atoms with Gasteiger partial charge in [-0.15, -0.1) is 0 Å². The second kappa shape index (κ2) is 5.02. The van der Waals surface area contributed by atoms with E-state index in [9.17, 15) is 30.7 Å². The first-order chi connectivity index (χ1) is 7.28. The summed E-state index contributed by atoms with van der Waals surface area (Å²) < 4.78 is 88.3. The van der Waals surface area contributed by atoms with Gasteiger partial charge in [-0.25, -0.2) is 17.6 Å². The Bertz CT molecular complexity index is 222. The highest BCUT2D eigenvalue weighted by Gasteiger charge is 2.53. The van der Waals surface area contributed by atoms with Gasteiger partial charge in [0.15, 0.2) is 0 Å². The smallest absolute Gasteiger partial charge is 0.207 e. The zero-order valence-electron chi connectivity index (χ0n) is 9.71. The molecule has 0 aromatic heterocycles. The molecule has 0 aromatic carbocycles. The lowest BCUT2D eigenvalue weighted by Crippen LogP contribution is -2.39. The molecule has 0 heterocycles. The third kappa shape index (κ3) is 5.12. The largest absolute Gasteiger partial charge is 0.397 e. The molecule has 104 valence electrons. The first kappa shape index (κ1) is 16.5. The van der Waals surface area contributed by atoms with E-state index in [1.54, 1.807) is 0 Å². The van der Waals surface area contributed by atoms with Gasteiger partial charge in [0.25, 0.3) is 5.92 Å². The number of halogens is 7. The summed E-state index contributed by atoms with van der Waals surface area (Å²) in [6, 6.07) is 0. The van der Waals surface area contributed by atoms with Gasteiger partial charge < -0.3 is 0 Å². The van der Waals surface area contributed by atoms with Crippen molar-refractivity contribution in [3.8, 4) is 0 Å². The summed E-state index contributed by atoms with van der Waals surface area (Å²) in [5.74, 6) is -11.6. The van der Waals surface area contributed by atoms with Crippen molar-refractivity contribution in [3.63, 3.8) is 0 Å². The van der Waals surface area contributed by atoms with Gasteiger partial charge >= 0.3 is 6.18 Å². The van der Waals surface area contributed by atoms with Crippen LogP contribution in [0.25, 0.3) is 0 Å². The maximum atomic E-state index is 13.1. The molecule has 1 atom stereocenters. The van der Waals surface area contributed by atoms with E-state index in [0.29, 0.717) is 0 Å². The van der Waals surface area contributed by atoms with Crippen LogP contribution >= 0.6 is 0 Å². The maximum Gasteiger partial charge on any atom is 0.397 e. The predicted molar refractivity (Wildman–Crippen MR) is 49.2 cm³/mol. The predicted octanol–water partition coefficient (Wildman–Crippen LogP) is 4.89. The summed E-state index contributed by atoms with van der Waals surface area (Å²) in [6.07, 6.45) is -7.65. The number of hydrogen-bond acceptors (Lipinski definition) is 0. The second-order valence-electron chi connectivity index (χ2n) is 4.50. The lowest BCUT2D eigenvalue weighted by atomic mass is 9.91. The average molecular weight is 268 g/mol. The van der Waals surface area contributed by atoms with Crippen molar-refractivity contribution in [1.82, 2.24) is 0 Å². The molecule has 17 heavy (non-hydrogen) atoms. The highest BCUT2D eigenvalue weighted by Crippen LogP contribution is 2.43. The van der Waals surface area contributed by atoms with E-state index in [4.69, 9.17) is 0 Å². The van der Waals surface area contributed by atoms with Gasteiger partial charge in [0, 0.05) is 12.3 Å². The minimum atomic E-state index is -5.18. The lowest BCUT2D eigenvalue weighted by molar-refractivity contribution is -0.240. The summed E-state index contributed by atoms with van der Waals surface area (Å²) in [5, 5.41) is 0. The van der Waals surface area contributed by atoms with E-state index < -0.39 is 42.7 Å². The van der Waals surface area contributed by atoms with Crippen LogP contribution in [0.15, 0.2) is 0 Å². The topological polar surface area (TPSA) is 0 Å². The molecule has 0 bridgehead atoms. The molecular formula is C10H15F7. The van der Waals surface area contributed by atoms with Crippen molar-refractivity contribution >= 4 is 0 Å². The molecule has 1 unspecified atom stereocenters. The van der Waals surface area contributed by atoms with Crippen molar-refractivity contribution in [3.05, 3.63) is 0 Å². The van der Waals surface area contributed by atoms with Gasteiger partial charge in [-0.05, 0) is 13.3 Å². The second-order valence-corrected chi connectivity index (χ2v) is 4.50. The molecule has 0 N–H and O–H groups in total. The molecule has 0 spiro atoms. The van der Waals surface area contributed by atoms with Crippen molar-refractivity contribution in [2.45, 2.75) is 51.6 Å². The van der Waals surface area contributed by atoms with Crippen LogP contribution in [0.2, 0.25) is 0 Å². The van der Waals surface area contributed by atoms with Crippen molar-refractivity contribution in [2.24, 2.45) is 11.8 Å². The van der Waals surface area contributed by atoms with Crippen LogP contribution in [0.5, 0.6) is 0 Å². The van der Waals surface area contributed by atoms with E-state index in [1.165, 1.54) is 0 Å². The molecule has 0 saturated carbocycles. The molecule has 0 nitrogen and oxygen atoms in total. The fraction of sp³-hybridized carbons (Fsp3) is 1.00. The summed E-state index contributed by atoms with van der Waals surface area (Å²) in [6.45, 7) is 2.36. The van der Waals surface area contributed by atoms with Crippen molar-refractivity contribution in [1.29, 1.82) is 0 Å². The van der Waals surface area contributed by atoms with E-state index in [-0.39, 0.29) is 6.92 Å². The fourth-order valence-electron chi connectivity index (χ4n) is 1.33. The van der Waals surface area contributed by atoms with Crippen molar-refractivity contribution < 1.29 is 30.7 Å². The van der Waals surface area contributed by atoms with Crippen LogP contribution in [-0.2, 0) is 0 Å². The molecule has 0 aliphatic carbocycles. The van der Waals surface area contributed by atoms with E-state index in [0.717, 1.165) is 13.8 Å². The van der Waals surface area contributed by atoms with Crippen LogP contribution < -0.4 is 0 Å². The summed E-state index contributed by atoms with van der Waals surface area (Å²) in [5.41, 5.74) is 0. The third-order valence-electron chi connectivity index (χ3n) is 2.62. The molecule has 0 fully saturated rings. The molecule has 0 aromatic rings. The van der Waals surface area contributed by atoms with Crippen molar-refractivity contribution in [2.75, 3.05) is 0 Å². The molecule has 7 heteroatoms. The molecule has 0 saturated heterocycles. The number of alkyl halides is 7. The zero-order chi connectivity index (χ0) is 14.1. The Kier molecular flexibility index (Phi) is 4.87. The fourth-order valence-corrected chi connectivity index (χ4v) is 1.33. The Balaban J connectivity index is 4.71. The molecule has 0 aliphatic heterocycles. The number of hydrogen-bond donors (Lipinski definition) is 0. The highest BCUT2D eigenvalue weighted by atomic mass is 19.4. The third-order valence-corrected chi connectivity index (χ3v) is 2.62. The summed E-state index contributed by atoms with van der Waals surface area (Å²) >= 11 is 0. The molecule has 0 rings (SSSR count). The van der Waals surface area contributed by atoms with E-state index in [1.807, 2.05) is 0 Å². The molecule has 0 amide bonds. The van der Waals surface area contributed by atoms with Crippen LogP contribution in [-0.4, -0.2) is 18.0 Å². The van der Waals surface area contributed by atoms with Gasteiger partial charge in [-0.3, -0.25) is 0 Å². The first-order valence-electron chi connectivity index (χ1n) is 5.11. The number of rotatable bonds is 5. The Morgan fingerprint density at radius 2 is 1.29 bits per heavy atom. The van der Waals surface area contributed by atoms with Crippen LogP contribution in [0, 0.1) is 11.8 Å². The van der Waals surface area contributed by atoms with Gasteiger partial charge in [0.1, 0.15) is 5.92 Å². The van der Waals surface area contributed by atoms with Gasteiger partial charge in [-0.1, -0.05) is 13.8 Å². The molecule has 0 aliphatic rings. The summed E-state index contributed by atoms with van der Waals surface area (Å²) in [4.78, 5) is 0. The van der Waals surface area contributed by atoms with E-state index >= 15 is 0 Å². The molecule has 0 radical (unpaired) electrons. The Morgan fingerprint density at radius 3 is 1.53 bits per heavy atom. The van der Waals surface area contributed by atoms with E-state index in [2.05, 4.69) is 0 Å². The Labute approximate surface area is 95.2 Å². The van der Waals surface area contributed by atoms with Gasteiger partial charge in [0.2, 0.25) is 5.92 Å². The average Bonchev–Trinajstić information content (AvgIpc) is 1.97. The Hall–Kier alpha value is -0.490. The summed E-state index contributed by atoms with van der Waals surface area (Å²) in [7, 11) is 0. The van der Waals surface area contributed by atoms with Gasteiger partial charge in [-0.2, -0.15) is 13.2 Å². The van der Waals surface area contributed by atoms with Gasteiger partial charge in [0.05, 0.1) is 0 Å². The minimum absolute atomic E-state index is 0.0959. The zero-order valence-corrected chi connectivity index (χ0v) is 9.71.